The van der Waals surface area contributed by atoms with Crippen LogP contribution in [0, 0.1) is 0 Å². The molecule has 0 bridgehead atoms. The zero-order valence-corrected chi connectivity index (χ0v) is 15.4. The van der Waals surface area contributed by atoms with Gasteiger partial charge in [-0.1, -0.05) is 17.7 Å². The Morgan fingerprint density at radius 3 is 2.78 bits per heavy atom. The monoisotopic (exact) mass is 385 g/mol. The highest BCUT2D eigenvalue weighted by atomic mass is 35.5. The molecule has 3 heterocycles. The highest BCUT2D eigenvalue weighted by Gasteiger charge is 2.31. The van der Waals surface area contributed by atoms with Crippen molar-refractivity contribution in [1.29, 1.82) is 0 Å². The third-order valence-electron chi connectivity index (χ3n) is 4.93. The molecule has 7 nitrogen and oxygen atoms in total. The van der Waals surface area contributed by atoms with Crippen LogP contribution in [-0.4, -0.2) is 57.1 Å². The average molecular weight is 386 g/mol. The van der Waals surface area contributed by atoms with E-state index in [0.29, 0.717) is 30.6 Å². The normalized spacial score (nSPS) is 17.0. The highest BCUT2D eigenvalue weighted by Crippen LogP contribution is 2.31. The van der Waals surface area contributed by atoms with E-state index in [1.807, 2.05) is 17.0 Å². The first-order valence-corrected chi connectivity index (χ1v) is 9.26. The van der Waals surface area contributed by atoms with Crippen molar-refractivity contribution in [2.45, 2.75) is 12.5 Å². The lowest BCUT2D eigenvalue weighted by atomic mass is 10.0. The van der Waals surface area contributed by atoms with E-state index in [-0.39, 0.29) is 0 Å². The molecule has 1 unspecified atom stereocenters. The molecular formula is C19H20ClN5O2. The van der Waals surface area contributed by atoms with Crippen LogP contribution >= 0.6 is 11.6 Å². The van der Waals surface area contributed by atoms with Crippen molar-refractivity contribution in [3.63, 3.8) is 0 Å². The number of benzene rings is 1. The van der Waals surface area contributed by atoms with E-state index in [4.69, 9.17) is 11.6 Å². The molecule has 0 saturated carbocycles. The maximum absolute atomic E-state index is 12.2. The van der Waals surface area contributed by atoms with Crippen LogP contribution in [-0.2, 0) is 4.79 Å². The number of aromatic nitrogens is 3. The zero-order chi connectivity index (χ0) is 18.8. The van der Waals surface area contributed by atoms with Crippen LogP contribution in [0.4, 0.5) is 5.95 Å². The topological polar surface area (TPSA) is 85.4 Å². The van der Waals surface area contributed by atoms with Gasteiger partial charge in [-0.15, -0.1) is 0 Å². The van der Waals surface area contributed by atoms with Crippen molar-refractivity contribution in [3.05, 3.63) is 53.4 Å². The smallest absolute Gasteiger partial charge is 0.325 e. The number of carbonyl (C=O) groups is 1. The summed E-state index contributed by atoms with van der Waals surface area (Å²) in [5.41, 5.74) is 1.61. The summed E-state index contributed by atoms with van der Waals surface area (Å²) in [4.78, 5) is 28.0. The number of carboxylic acid groups (broad SMARTS) is 1. The number of fused-ring (bicyclic) bond motifs is 1. The van der Waals surface area contributed by atoms with Gasteiger partial charge in [0.2, 0.25) is 5.95 Å². The molecule has 1 atom stereocenters. The number of aromatic amines is 1. The molecule has 2 N–H and O–H groups in total. The fourth-order valence-electron chi connectivity index (χ4n) is 3.68. The van der Waals surface area contributed by atoms with Crippen LogP contribution in [0.5, 0.6) is 0 Å². The lowest BCUT2D eigenvalue weighted by Crippen LogP contribution is -2.37. The van der Waals surface area contributed by atoms with Crippen LogP contribution in [0.15, 0.2) is 42.9 Å². The predicted molar refractivity (Wildman–Crippen MR) is 104 cm³/mol. The molecule has 0 amide bonds. The van der Waals surface area contributed by atoms with Crippen molar-refractivity contribution in [3.8, 4) is 0 Å². The molecule has 1 aromatic carbocycles. The van der Waals surface area contributed by atoms with Crippen LogP contribution < -0.4 is 4.90 Å². The summed E-state index contributed by atoms with van der Waals surface area (Å²) in [6.07, 6.45) is 6.07. The maximum Gasteiger partial charge on any atom is 0.325 e. The summed E-state index contributed by atoms with van der Waals surface area (Å²) in [5, 5.41) is 11.5. The van der Waals surface area contributed by atoms with Gasteiger partial charge in [0.1, 0.15) is 6.04 Å². The number of aliphatic carboxylic acids is 1. The maximum atomic E-state index is 12.2. The molecule has 2 aromatic heterocycles. The van der Waals surface area contributed by atoms with E-state index < -0.39 is 12.0 Å². The molecule has 1 saturated heterocycles. The average Bonchev–Trinajstić information content (AvgIpc) is 2.91. The van der Waals surface area contributed by atoms with E-state index >= 15 is 0 Å². The van der Waals surface area contributed by atoms with Gasteiger partial charge >= 0.3 is 5.97 Å². The standard InChI is InChI=1S/C19H20ClN5O2/c20-13-3-4-14-15(12-23-16(14)11-13)17(18(26)27)24-7-2-8-25(10-9-24)19-21-5-1-6-22-19/h1,3-6,11-12,17,23H,2,7-10H2,(H,26,27). The number of hydrogen-bond acceptors (Lipinski definition) is 5. The second kappa shape index (κ2) is 7.54. The Balaban J connectivity index is 1.60. The molecule has 1 aliphatic rings. The first-order chi connectivity index (χ1) is 13.1. The van der Waals surface area contributed by atoms with Gasteiger partial charge in [-0.3, -0.25) is 9.69 Å². The first-order valence-electron chi connectivity index (χ1n) is 8.89. The zero-order valence-electron chi connectivity index (χ0n) is 14.7. The molecule has 27 heavy (non-hydrogen) atoms. The van der Waals surface area contributed by atoms with E-state index in [2.05, 4.69) is 19.9 Å². The largest absolute Gasteiger partial charge is 0.480 e. The SMILES string of the molecule is O=C(O)C(c1c[nH]c2cc(Cl)ccc12)N1CCCN(c2ncccn2)CC1. The molecule has 140 valence electrons. The van der Waals surface area contributed by atoms with Gasteiger partial charge in [-0.2, -0.15) is 0 Å². The number of anilines is 1. The minimum atomic E-state index is -0.852. The van der Waals surface area contributed by atoms with E-state index in [9.17, 15) is 9.90 Å². The summed E-state index contributed by atoms with van der Waals surface area (Å²) >= 11 is 6.05. The molecule has 1 fully saturated rings. The highest BCUT2D eigenvalue weighted by molar-refractivity contribution is 6.31. The summed E-state index contributed by atoms with van der Waals surface area (Å²) in [5.74, 6) is -0.164. The molecule has 3 aromatic rings. The van der Waals surface area contributed by atoms with Crippen molar-refractivity contribution < 1.29 is 9.90 Å². The summed E-state index contributed by atoms with van der Waals surface area (Å²) in [6, 6.07) is 6.56. The Kier molecular flexibility index (Phi) is 4.96. The minimum Gasteiger partial charge on any atom is -0.480 e. The van der Waals surface area contributed by atoms with Crippen molar-refractivity contribution in [1.82, 2.24) is 19.9 Å². The Labute approximate surface area is 161 Å². The van der Waals surface area contributed by atoms with E-state index in [0.717, 1.165) is 29.4 Å². The Hall–Kier alpha value is -2.64. The number of carboxylic acids is 1. The van der Waals surface area contributed by atoms with Crippen molar-refractivity contribution in [2.24, 2.45) is 0 Å². The van der Waals surface area contributed by atoms with Crippen LogP contribution in [0.25, 0.3) is 10.9 Å². The molecular weight excluding hydrogens is 366 g/mol. The van der Waals surface area contributed by atoms with Crippen molar-refractivity contribution >= 4 is 34.4 Å². The fourth-order valence-corrected chi connectivity index (χ4v) is 3.86. The van der Waals surface area contributed by atoms with Gasteiger partial charge in [-0.25, -0.2) is 9.97 Å². The number of halogens is 1. The molecule has 0 radical (unpaired) electrons. The summed E-state index contributed by atoms with van der Waals surface area (Å²) in [7, 11) is 0. The number of H-pyrrole nitrogens is 1. The van der Waals surface area contributed by atoms with Crippen LogP contribution in [0.1, 0.15) is 18.0 Å². The van der Waals surface area contributed by atoms with E-state index in [1.165, 1.54) is 0 Å². The second-order valence-electron chi connectivity index (χ2n) is 6.60. The van der Waals surface area contributed by atoms with Crippen LogP contribution in [0.2, 0.25) is 5.02 Å². The molecule has 4 rings (SSSR count). The summed E-state index contributed by atoms with van der Waals surface area (Å²) in [6.45, 7) is 2.80. The molecule has 0 spiro atoms. The molecule has 0 aliphatic carbocycles. The van der Waals surface area contributed by atoms with Gasteiger partial charge in [0.25, 0.3) is 0 Å². The Bertz CT molecular complexity index is 946. The first kappa shape index (κ1) is 17.8. The number of rotatable bonds is 4. The Morgan fingerprint density at radius 2 is 2.00 bits per heavy atom. The van der Waals surface area contributed by atoms with Gasteiger partial charge in [0.15, 0.2) is 0 Å². The lowest BCUT2D eigenvalue weighted by Gasteiger charge is -2.27. The number of nitrogens with one attached hydrogen (secondary N) is 1. The quantitative estimate of drug-likeness (QED) is 0.718. The molecule has 8 heteroatoms. The van der Waals surface area contributed by atoms with Crippen LogP contribution in [0.3, 0.4) is 0 Å². The fraction of sp³-hybridized carbons (Fsp3) is 0.316. The second-order valence-corrected chi connectivity index (χ2v) is 7.04. The van der Waals surface area contributed by atoms with Gasteiger partial charge in [0, 0.05) is 66.3 Å². The minimum absolute atomic E-state index is 0.621. The summed E-state index contributed by atoms with van der Waals surface area (Å²) < 4.78 is 0. The lowest BCUT2D eigenvalue weighted by molar-refractivity contribution is -0.143. The third-order valence-corrected chi connectivity index (χ3v) is 5.17. The van der Waals surface area contributed by atoms with E-state index in [1.54, 1.807) is 30.7 Å². The number of hydrogen-bond donors (Lipinski definition) is 2. The number of nitrogens with zero attached hydrogens (tertiary/aromatic N) is 4. The Morgan fingerprint density at radius 1 is 1.19 bits per heavy atom. The van der Waals surface area contributed by atoms with Gasteiger partial charge in [0.05, 0.1) is 0 Å². The predicted octanol–water partition coefficient (Wildman–Crippen LogP) is 2.95. The molecule has 1 aliphatic heterocycles. The third kappa shape index (κ3) is 3.61. The van der Waals surface area contributed by atoms with Gasteiger partial charge < -0.3 is 15.0 Å². The van der Waals surface area contributed by atoms with Gasteiger partial charge in [-0.05, 0) is 24.6 Å². The van der Waals surface area contributed by atoms with Crippen molar-refractivity contribution in [2.75, 3.05) is 31.1 Å².